The molecule has 0 aliphatic carbocycles. The first-order chi connectivity index (χ1) is 10.4. The summed E-state index contributed by atoms with van der Waals surface area (Å²) in [7, 11) is -3.59. The van der Waals surface area contributed by atoms with Crippen LogP contribution in [0.5, 0.6) is 5.75 Å². The van der Waals surface area contributed by atoms with E-state index in [9.17, 15) is 8.42 Å². The maximum atomic E-state index is 12.3. The number of benzene rings is 2. The highest BCUT2D eigenvalue weighted by Gasteiger charge is 2.15. The highest BCUT2D eigenvalue weighted by molar-refractivity contribution is 9.10. The van der Waals surface area contributed by atoms with Gasteiger partial charge >= 0.3 is 0 Å². The molecule has 4 nitrogen and oxygen atoms in total. The summed E-state index contributed by atoms with van der Waals surface area (Å²) in [6.07, 6.45) is 0. The van der Waals surface area contributed by atoms with E-state index in [4.69, 9.17) is 16.3 Å². The van der Waals surface area contributed by atoms with Crippen LogP contribution in [0.1, 0.15) is 12.5 Å². The zero-order chi connectivity index (χ0) is 16.2. The molecule has 2 rings (SSSR count). The summed E-state index contributed by atoms with van der Waals surface area (Å²) in [6.45, 7) is 2.58. The monoisotopic (exact) mass is 403 g/mol. The largest absolute Gasteiger partial charge is 0.493 e. The average molecular weight is 405 g/mol. The van der Waals surface area contributed by atoms with Gasteiger partial charge in [-0.3, -0.25) is 0 Å². The van der Waals surface area contributed by atoms with Gasteiger partial charge in [-0.25, -0.2) is 13.1 Å². The minimum atomic E-state index is -3.59. The van der Waals surface area contributed by atoms with Gasteiger partial charge in [0.2, 0.25) is 10.0 Å². The fraction of sp³-hybridized carbons (Fsp3) is 0.200. The lowest BCUT2D eigenvalue weighted by atomic mass is 10.2. The molecule has 0 spiro atoms. The minimum absolute atomic E-state index is 0.178. The first-order valence-electron chi connectivity index (χ1n) is 6.59. The highest BCUT2D eigenvalue weighted by atomic mass is 79.9. The van der Waals surface area contributed by atoms with Gasteiger partial charge in [0.15, 0.2) is 0 Å². The third kappa shape index (κ3) is 4.46. The van der Waals surface area contributed by atoms with Crippen molar-refractivity contribution in [2.24, 2.45) is 0 Å². The van der Waals surface area contributed by atoms with Crippen LogP contribution >= 0.6 is 27.5 Å². The van der Waals surface area contributed by atoms with E-state index < -0.39 is 10.0 Å². The van der Waals surface area contributed by atoms with Crippen molar-refractivity contribution < 1.29 is 13.2 Å². The molecule has 22 heavy (non-hydrogen) atoms. The summed E-state index contributed by atoms with van der Waals surface area (Å²) in [5, 5.41) is 0.613. The van der Waals surface area contributed by atoms with E-state index in [2.05, 4.69) is 20.7 Å². The van der Waals surface area contributed by atoms with Crippen LogP contribution in [-0.2, 0) is 16.6 Å². The Kier molecular flexibility index (Phi) is 5.86. The Hall–Kier alpha value is -1.08. The summed E-state index contributed by atoms with van der Waals surface area (Å²) < 4.78 is 33.1. The van der Waals surface area contributed by atoms with Crippen molar-refractivity contribution in [2.45, 2.75) is 18.4 Å². The van der Waals surface area contributed by atoms with Gasteiger partial charge in [0.1, 0.15) is 5.75 Å². The van der Waals surface area contributed by atoms with Gasteiger partial charge in [-0.1, -0.05) is 23.7 Å². The lowest BCUT2D eigenvalue weighted by molar-refractivity contribution is 0.338. The van der Waals surface area contributed by atoms with Crippen molar-refractivity contribution in [2.75, 3.05) is 6.61 Å². The van der Waals surface area contributed by atoms with E-state index in [1.54, 1.807) is 30.3 Å². The molecule has 118 valence electrons. The third-order valence-corrected chi connectivity index (χ3v) is 5.16. The first kappa shape index (κ1) is 17.3. The topological polar surface area (TPSA) is 55.4 Å². The van der Waals surface area contributed by atoms with Gasteiger partial charge in [0, 0.05) is 11.6 Å². The zero-order valence-electron chi connectivity index (χ0n) is 11.8. The molecule has 0 fully saturated rings. The van der Waals surface area contributed by atoms with Crippen LogP contribution in [-0.4, -0.2) is 15.0 Å². The molecule has 0 saturated carbocycles. The van der Waals surface area contributed by atoms with Crippen molar-refractivity contribution in [1.82, 2.24) is 4.72 Å². The maximum Gasteiger partial charge on any atom is 0.240 e. The van der Waals surface area contributed by atoms with Crippen LogP contribution in [0.15, 0.2) is 51.8 Å². The Balaban J connectivity index is 2.13. The van der Waals surface area contributed by atoms with Crippen LogP contribution < -0.4 is 9.46 Å². The van der Waals surface area contributed by atoms with Gasteiger partial charge < -0.3 is 4.74 Å². The summed E-state index contributed by atoms with van der Waals surface area (Å²) in [4.78, 5) is 0.178. The van der Waals surface area contributed by atoms with Gasteiger partial charge in [0.25, 0.3) is 0 Å². The SMILES string of the molecule is CCOc1ccc(S(=O)(=O)NCc2ccc(Cl)cc2)cc1Br. The number of nitrogens with one attached hydrogen (secondary N) is 1. The number of hydrogen-bond acceptors (Lipinski definition) is 3. The fourth-order valence-corrected chi connectivity index (χ4v) is 3.60. The number of ether oxygens (including phenoxy) is 1. The van der Waals surface area contributed by atoms with Crippen molar-refractivity contribution in [3.63, 3.8) is 0 Å². The standard InChI is InChI=1S/C15H15BrClNO3S/c1-2-21-15-8-7-13(9-14(15)16)22(19,20)18-10-11-3-5-12(17)6-4-11/h3-9,18H,2,10H2,1H3. The number of rotatable bonds is 6. The molecule has 0 saturated heterocycles. The van der Waals surface area contributed by atoms with E-state index in [0.29, 0.717) is 21.9 Å². The molecular formula is C15H15BrClNO3S. The molecule has 0 radical (unpaired) electrons. The molecule has 2 aromatic carbocycles. The average Bonchev–Trinajstić information content (AvgIpc) is 2.49. The van der Waals surface area contributed by atoms with Gasteiger partial charge in [-0.15, -0.1) is 0 Å². The maximum absolute atomic E-state index is 12.3. The second-order valence-electron chi connectivity index (χ2n) is 4.48. The molecule has 0 atom stereocenters. The number of halogens is 2. The Morgan fingerprint density at radius 1 is 1.18 bits per heavy atom. The second-order valence-corrected chi connectivity index (χ2v) is 7.53. The molecule has 7 heteroatoms. The summed E-state index contributed by atoms with van der Waals surface area (Å²) >= 11 is 9.11. The summed E-state index contributed by atoms with van der Waals surface area (Å²) in [5.74, 6) is 0.610. The van der Waals surface area contributed by atoms with Crippen molar-refractivity contribution in [3.05, 3.63) is 57.5 Å². The molecule has 0 amide bonds. The van der Waals surface area contributed by atoms with Crippen molar-refractivity contribution >= 4 is 37.6 Å². The molecule has 0 aromatic heterocycles. The molecule has 0 unspecified atom stereocenters. The molecule has 0 aliphatic rings. The molecular weight excluding hydrogens is 390 g/mol. The van der Waals surface area contributed by atoms with E-state index in [1.807, 2.05) is 6.92 Å². The van der Waals surface area contributed by atoms with E-state index in [1.165, 1.54) is 12.1 Å². The zero-order valence-corrected chi connectivity index (χ0v) is 15.0. The molecule has 0 aliphatic heterocycles. The highest BCUT2D eigenvalue weighted by Crippen LogP contribution is 2.27. The van der Waals surface area contributed by atoms with Crippen molar-refractivity contribution in [1.29, 1.82) is 0 Å². The summed E-state index contributed by atoms with van der Waals surface area (Å²) in [6, 6.07) is 11.7. The minimum Gasteiger partial charge on any atom is -0.493 e. The van der Waals surface area contributed by atoms with Crippen molar-refractivity contribution in [3.8, 4) is 5.75 Å². The van der Waals surface area contributed by atoms with Gasteiger partial charge in [-0.2, -0.15) is 0 Å². The van der Waals surface area contributed by atoms with Crippen LogP contribution in [0, 0.1) is 0 Å². The number of sulfonamides is 1. The normalized spacial score (nSPS) is 11.4. The number of hydrogen-bond donors (Lipinski definition) is 1. The molecule has 0 bridgehead atoms. The predicted octanol–water partition coefficient (Wildman–Crippen LogP) is 3.98. The lowest BCUT2D eigenvalue weighted by Gasteiger charge is -2.10. The van der Waals surface area contributed by atoms with Crippen LogP contribution in [0.3, 0.4) is 0 Å². The first-order valence-corrected chi connectivity index (χ1v) is 9.24. The quantitative estimate of drug-likeness (QED) is 0.792. The second kappa shape index (κ2) is 7.46. The molecule has 1 N–H and O–H groups in total. The third-order valence-electron chi connectivity index (χ3n) is 2.89. The molecule has 0 heterocycles. The lowest BCUT2D eigenvalue weighted by Crippen LogP contribution is -2.23. The predicted molar refractivity (Wildman–Crippen MR) is 90.8 cm³/mol. The van der Waals surface area contributed by atoms with Crippen LogP contribution in [0.4, 0.5) is 0 Å². The van der Waals surface area contributed by atoms with E-state index >= 15 is 0 Å². The van der Waals surface area contributed by atoms with Crippen LogP contribution in [0.25, 0.3) is 0 Å². The smallest absolute Gasteiger partial charge is 0.240 e. The van der Waals surface area contributed by atoms with Crippen LogP contribution in [0.2, 0.25) is 5.02 Å². The Labute approximate surface area is 143 Å². The molecule has 2 aromatic rings. The van der Waals surface area contributed by atoms with Gasteiger partial charge in [0.05, 0.1) is 16.0 Å². The van der Waals surface area contributed by atoms with E-state index in [-0.39, 0.29) is 11.4 Å². The Morgan fingerprint density at radius 2 is 1.86 bits per heavy atom. The Bertz CT molecular complexity index is 748. The van der Waals surface area contributed by atoms with Gasteiger partial charge in [-0.05, 0) is 58.7 Å². The Morgan fingerprint density at radius 3 is 2.45 bits per heavy atom. The van der Waals surface area contributed by atoms with E-state index in [0.717, 1.165) is 5.56 Å². The fourth-order valence-electron chi connectivity index (χ4n) is 1.79. The summed E-state index contributed by atoms with van der Waals surface area (Å²) in [5.41, 5.74) is 0.831.